The molecule has 0 aliphatic heterocycles. The molecule has 0 heteroatoms. The molecule has 2 aromatic carbocycles. The Balaban J connectivity index is 2.22. The summed E-state index contributed by atoms with van der Waals surface area (Å²) < 4.78 is 0. The van der Waals surface area contributed by atoms with E-state index in [1.54, 1.807) is 0 Å². The van der Waals surface area contributed by atoms with Crippen molar-refractivity contribution in [2.75, 3.05) is 0 Å². The van der Waals surface area contributed by atoms with Crippen molar-refractivity contribution in [2.24, 2.45) is 0 Å². The lowest BCUT2D eigenvalue weighted by Crippen LogP contribution is -1.98. The molecule has 0 saturated heterocycles. The van der Waals surface area contributed by atoms with E-state index in [-0.39, 0.29) is 0 Å². The molecular weight excluding hydrogens is 240 g/mol. The molecule has 0 radical (unpaired) electrons. The number of hydrogen-bond acceptors (Lipinski definition) is 0. The minimum atomic E-state index is 1.04. The van der Waals surface area contributed by atoms with E-state index in [0.717, 1.165) is 24.0 Å². The maximum absolute atomic E-state index is 4.07. The Bertz CT molecular complexity index is 574. The van der Waals surface area contributed by atoms with Gasteiger partial charge in [0.25, 0.3) is 0 Å². The van der Waals surface area contributed by atoms with Crippen molar-refractivity contribution in [1.29, 1.82) is 0 Å². The summed E-state index contributed by atoms with van der Waals surface area (Å²) >= 11 is 0. The van der Waals surface area contributed by atoms with Crippen molar-refractivity contribution in [1.82, 2.24) is 0 Å². The fourth-order valence-electron chi connectivity index (χ4n) is 2.58. The Labute approximate surface area is 122 Å². The first-order valence-corrected chi connectivity index (χ1v) is 7.07. The molecule has 0 fully saturated rings. The number of benzene rings is 2. The Morgan fingerprint density at radius 1 is 0.700 bits per heavy atom. The number of aryl methyl sites for hydroxylation is 2. The van der Waals surface area contributed by atoms with Crippen molar-refractivity contribution in [3.63, 3.8) is 0 Å². The lowest BCUT2D eigenvalue weighted by atomic mass is 9.93. The Morgan fingerprint density at radius 2 is 1.05 bits per heavy atom. The Morgan fingerprint density at radius 3 is 1.40 bits per heavy atom. The molecule has 0 unspecified atom stereocenters. The lowest BCUT2D eigenvalue weighted by Gasteiger charge is -2.12. The van der Waals surface area contributed by atoms with Gasteiger partial charge >= 0.3 is 0 Å². The van der Waals surface area contributed by atoms with Gasteiger partial charge in [0, 0.05) is 0 Å². The fraction of sp³-hybridized carbons (Fsp3) is 0.200. The van der Waals surface area contributed by atoms with E-state index in [1.165, 1.54) is 22.3 Å². The average molecular weight is 262 g/mol. The van der Waals surface area contributed by atoms with E-state index in [9.17, 15) is 0 Å². The predicted molar refractivity (Wildman–Crippen MR) is 89.7 cm³/mol. The second kappa shape index (κ2) is 6.38. The van der Waals surface area contributed by atoms with Crippen molar-refractivity contribution in [3.8, 4) is 0 Å². The summed E-state index contributed by atoms with van der Waals surface area (Å²) in [4.78, 5) is 0. The Hall–Kier alpha value is -2.08. The quantitative estimate of drug-likeness (QED) is 0.664. The van der Waals surface area contributed by atoms with Gasteiger partial charge in [-0.15, -0.1) is 0 Å². The average Bonchev–Trinajstić information content (AvgIpc) is 2.45. The number of rotatable bonds is 5. The molecule has 0 nitrogen and oxygen atoms in total. The molecule has 0 aliphatic rings. The molecule has 0 aliphatic carbocycles. The van der Waals surface area contributed by atoms with E-state index < -0.39 is 0 Å². The highest BCUT2D eigenvalue weighted by Crippen LogP contribution is 2.22. The van der Waals surface area contributed by atoms with Crippen molar-refractivity contribution in [2.45, 2.75) is 26.7 Å². The van der Waals surface area contributed by atoms with Crippen LogP contribution >= 0.6 is 0 Å². The summed E-state index contributed by atoms with van der Waals surface area (Å²) in [5.74, 6) is 0. The standard InChI is InChI=1S/C20H22/c1-15(2)19-11-7-5-9-17(19)13-14-18-10-6-8-12-20(18)16(3)4/h5-12H,1,3,13-14H2,2,4H3. The van der Waals surface area contributed by atoms with Gasteiger partial charge in [0.15, 0.2) is 0 Å². The van der Waals surface area contributed by atoms with Gasteiger partial charge in [-0.2, -0.15) is 0 Å². The van der Waals surface area contributed by atoms with Crippen molar-refractivity contribution >= 4 is 11.1 Å². The SMILES string of the molecule is C=C(C)c1ccccc1CCc1ccccc1C(=C)C. The maximum Gasteiger partial charge on any atom is -0.0201 e. The van der Waals surface area contributed by atoms with E-state index in [1.807, 2.05) is 0 Å². The molecule has 2 rings (SSSR count). The van der Waals surface area contributed by atoms with Crippen LogP contribution in [0.3, 0.4) is 0 Å². The molecule has 0 spiro atoms. The van der Waals surface area contributed by atoms with Crippen LogP contribution in [0.25, 0.3) is 11.1 Å². The molecule has 0 saturated carbocycles. The van der Waals surface area contributed by atoms with E-state index in [0.29, 0.717) is 0 Å². The summed E-state index contributed by atoms with van der Waals surface area (Å²) in [5.41, 5.74) is 7.57. The number of allylic oxidation sites excluding steroid dienone is 2. The third-order valence-electron chi connectivity index (χ3n) is 3.62. The van der Waals surface area contributed by atoms with E-state index in [4.69, 9.17) is 0 Å². The van der Waals surface area contributed by atoms with Crippen LogP contribution in [0, 0.1) is 0 Å². The molecule has 0 N–H and O–H groups in total. The van der Waals surface area contributed by atoms with Gasteiger partial charge in [-0.25, -0.2) is 0 Å². The zero-order valence-electron chi connectivity index (χ0n) is 12.4. The predicted octanol–water partition coefficient (Wildman–Crippen LogP) is 5.54. The highest BCUT2D eigenvalue weighted by atomic mass is 14.1. The van der Waals surface area contributed by atoms with Gasteiger partial charge in [0.05, 0.1) is 0 Å². The molecule has 0 aromatic heterocycles. The summed E-state index contributed by atoms with van der Waals surface area (Å²) in [6.45, 7) is 12.3. The van der Waals surface area contributed by atoms with Gasteiger partial charge in [0.1, 0.15) is 0 Å². The van der Waals surface area contributed by atoms with Crippen LogP contribution in [0.5, 0.6) is 0 Å². The highest BCUT2D eigenvalue weighted by molar-refractivity contribution is 5.66. The molecule has 0 amide bonds. The van der Waals surface area contributed by atoms with Crippen LogP contribution in [-0.4, -0.2) is 0 Å². The molecule has 0 atom stereocenters. The monoisotopic (exact) mass is 262 g/mol. The minimum absolute atomic E-state index is 1.04. The van der Waals surface area contributed by atoms with Gasteiger partial charge in [-0.3, -0.25) is 0 Å². The maximum atomic E-state index is 4.07. The third kappa shape index (κ3) is 3.27. The first-order chi connectivity index (χ1) is 9.59. The van der Waals surface area contributed by atoms with Crippen molar-refractivity contribution in [3.05, 3.63) is 83.9 Å². The Kier molecular flexibility index (Phi) is 4.57. The largest absolute Gasteiger partial charge is 0.0955 e. The van der Waals surface area contributed by atoms with Crippen LogP contribution in [-0.2, 0) is 12.8 Å². The topological polar surface area (TPSA) is 0 Å². The lowest BCUT2D eigenvalue weighted by molar-refractivity contribution is 0.952. The molecule has 0 heterocycles. The summed E-state index contributed by atoms with van der Waals surface area (Å²) in [5, 5.41) is 0. The molecule has 20 heavy (non-hydrogen) atoms. The summed E-state index contributed by atoms with van der Waals surface area (Å²) in [6, 6.07) is 17.1. The first kappa shape index (κ1) is 14.3. The zero-order chi connectivity index (χ0) is 14.5. The van der Waals surface area contributed by atoms with Crippen LogP contribution in [0.1, 0.15) is 36.1 Å². The molecular formula is C20H22. The van der Waals surface area contributed by atoms with Gasteiger partial charge in [-0.05, 0) is 48.9 Å². The van der Waals surface area contributed by atoms with Crippen LogP contribution < -0.4 is 0 Å². The summed E-state index contributed by atoms with van der Waals surface area (Å²) in [7, 11) is 0. The zero-order valence-corrected chi connectivity index (χ0v) is 12.4. The minimum Gasteiger partial charge on any atom is -0.0955 e. The number of hydrogen-bond donors (Lipinski definition) is 0. The second-order valence-corrected chi connectivity index (χ2v) is 5.37. The first-order valence-electron chi connectivity index (χ1n) is 7.07. The van der Waals surface area contributed by atoms with E-state index in [2.05, 4.69) is 75.5 Å². The normalized spacial score (nSPS) is 10.3. The van der Waals surface area contributed by atoms with Crippen LogP contribution in [0.2, 0.25) is 0 Å². The van der Waals surface area contributed by atoms with Crippen LogP contribution in [0.15, 0.2) is 61.7 Å². The molecule has 0 bridgehead atoms. The van der Waals surface area contributed by atoms with Crippen LogP contribution in [0.4, 0.5) is 0 Å². The molecule has 102 valence electrons. The highest BCUT2D eigenvalue weighted by Gasteiger charge is 2.06. The van der Waals surface area contributed by atoms with Crippen molar-refractivity contribution < 1.29 is 0 Å². The van der Waals surface area contributed by atoms with Gasteiger partial charge in [0.2, 0.25) is 0 Å². The van der Waals surface area contributed by atoms with E-state index >= 15 is 0 Å². The van der Waals surface area contributed by atoms with Gasteiger partial charge in [-0.1, -0.05) is 72.8 Å². The second-order valence-electron chi connectivity index (χ2n) is 5.37. The summed E-state index contributed by atoms with van der Waals surface area (Å²) in [6.07, 6.45) is 2.07. The third-order valence-corrected chi connectivity index (χ3v) is 3.62. The smallest absolute Gasteiger partial charge is 0.0201 e. The van der Waals surface area contributed by atoms with Gasteiger partial charge < -0.3 is 0 Å². The fourth-order valence-corrected chi connectivity index (χ4v) is 2.58. The molecule has 2 aromatic rings.